The molecular weight excluding hydrogens is 342 g/mol. The third-order valence-corrected chi connectivity index (χ3v) is 5.22. The molecule has 108 valence electrons. The topological polar surface area (TPSA) is 35.6 Å². The van der Waals surface area contributed by atoms with Gasteiger partial charge in [-0.15, -0.1) is 0 Å². The van der Waals surface area contributed by atoms with Gasteiger partial charge >= 0.3 is 0 Å². The number of amides is 1. The summed E-state index contributed by atoms with van der Waals surface area (Å²) in [6.07, 6.45) is 0. The van der Waals surface area contributed by atoms with Gasteiger partial charge in [0.2, 0.25) is 0 Å². The van der Waals surface area contributed by atoms with Crippen LogP contribution in [-0.2, 0) is 0 Å². The zero-order chi connectivity index (χ0) is 14.1. The second-order valence-electron chi connectivity index (χ2n) is 5.28. The van der Waals surface area contributed by atoms with Crippen LogP contribution in [-0.4, -0.2) is 61.0 Å². The lowest BCUT2D eigenvalue weighted by molar-refractivity contribution is 0.0227. The van der Waals surface area contributed by atoms with Crippen LogP contribution in [0.2, 0.25) is 5.02 Å². The third kappa shape index (κ3) is 2.86. The third-order valence-electron chi connectivity index (χ3n) is 3.98. The van der Waals surface area contributed by atoms with Gasteiger partial charge in [-0.1, -0.05) is 11.6 Å². The van der Waals surface area contributed by atoms with Crippen molar-refractivity contribution in [1.82, 2.24) is 15.1 Å². The summed E-state index contributed by atoms with van der Waals surface area (Å²) >= 11 is 9.38. The number of piperazine rings is 1. The van der Waals surface area contributed by atoms with Gasteiger partial charge in [-0.3, -0.25) is 9.69 Å². The van der Waals surface area contributed by atoms with Crippen LogP contribution >= 0.6 is 27.5 Å². The molecule has 2 saturated heterocycles. The lowest BCUT2D eigenvalue weighted by Gasteiger charge is -2.46. The predicted molar refractivity (Wildman–Crippen MR) is 83.3 cm³/mol. The molecule has 0 saturated carbocycles. The Morgan fingerprint density at radius 2 is 2.00 bits per heavy atom. The number of nitrogens with zero attached hydrogens (tertiary/aromatic N) is 2. The molecule has 0 radical (unpaired) electrons. The Labute approximate surface area is 132 Å². The van der Waals surface area contributed by atoms with Crippen molar-refractivity contribution in [3.05, 3.63) is 33.3 Å². The fourth-order valence-electron chi connectivity index (χ4n) is 2.71. The molecule has 4 nitrogen and oxygen atoms in total. The van der Waals surface area contributed by atoms with Gasteiger partial charge in [0.15, 0.2) is 0 Å². The zero-order valence-electron chi connectivity index (χ0n) is 11.1. The highest BCUT2D eigenvalue weighted by molar-refractivity contribution is 9.10. The Balaban J connectivity index is 1.58. The highest BCUT2D eigenvalue weighted by Gasteiger charge is 2.35. The number of carbonyl (C=O) groups is 1. The number of halogens is 2. The summed E-state index contributed by atoms with van der Waals surface area (Å²) in [5.74, 6) is 0.0748. The lowest BCUT2D eigenvalue weighted by atomic mass is 10.0. The predicted octanol–water partition coefficient (Wildman–Crippen LogP) is 1.83. The fraction of sp³-hybridized carbons (Fsp3) is 0.500. The van der Waals surface area contributed by atoms with Crippen LogP contribution in [0.15, 0.2) is 22.7 Å². The molecular formula is C14H17BrClN3O. The second kappa shape index (κ2) is 6.02. The second-order valence-corrected chi connectivity index (χ2v) is 6.54. The number of benzene rings is 1. The van der Waals surface area contributed by atoms with Crippen molar-refractivity contribution in [2.45, 2.75) is 6.04 Å². The number of likely N-dealkylation sites (tertiary alicyclic amines) is 1. The van der Waals surface area contributed by atoms with Crippen molar-refractivity contribution in [3.63, 3.8) is 0 Å². The van der Waals surface area contributed by atoms with Crippen molar-refractivity contribution in [2.24, 2.45) is 0 Å². The maximum atomic E-state index is 12.3. The quantitative estimate of drug-likeness (QED) is 0.876. The van der Waals surface area contributed by atoms with Crippen molar-refractivity contribution < 1.29 is 4.79 Å². The average Bonchev–Trinajstić information content (AvgIpc) is 2.41. The molecule has 0 aliphatic carbocycles. The summed E-state index contributed by atoms with van der Waals surface area (Å²) < 4.78 is 0.818. The summed E-state index contributed by atoms with van der Waals surface area (Å²) in [5, 5.41) is 3.93. The molecule has 1 aromatic carbocycles. The number of rotatable bonds is 2. The van der Waals surface area contributed by atoms with Crippen LogP contribution in [0.3, 0.4) is 0 Å². The van der Waals surface area contributed by atoms with Crippen molar-refractivity contribution >= 4 is 33.4 Å². The molecule has 0 spiro atoms. The van der Waals surface area contributed by atoms with E-state index in [1.807, 2.05) is 17.0 Å². The summed E-state index contributed by atoms with van der Waals surface area (Å²) in [6.45, 7) is 5.91. The SMILES string of the molecule is O=C(c1ccc(Br)c(Cl)c1)N1CC(N2CCNCC2)C1. The van der Waals surface area contributed by atoms with Gasteiger partial charge in [0.05, 0.1) is 5.02 Å². The Morgan fingerprint density at radius 1 is 1.30 bits per heavy atom. The summed E-state index contributed by atoms with van der Waals surface area (Å²) in [4.78, 5) is 16.7. The first-order chi connectivity index (χ1) is 9.65. The first-order valence-electron chi connectivity index (χ1n) is 6.84. The minimum Gasteiger partial charge on any atom is -0.335 e. The monoisotopic (exact) mass is 357 g/mol. The highest BCUT2D eigenvalue weighted by Crippen LogP contribution is 2.25. The van der Waals surface area contributed by atoms with E-state index >= 15 is 0 Å². The van der Waals surface area contributed by atoms with Gasteiger partial charge in [0, 0.05) is 55.3 Å². The van der Waals surface area contributed by atoms with Crippen molar-refractivity contribution in [2.75, 3.05) is 39.3 Å². The Hall–Kier alpha value is -0.620. The van der Waals surface area contributed by atoms with E-state index < -0.39 is 0 Å². The number of hydrogen-bond donors (Lipinski definition) is 1. The minimum atomic E-state index is 0.0748. The molecule has 1 amide bonds. The standard InChI is InChI=1S/C14H17BrClN3O/c15-12-2-1-10(7-13(12)16)14(20)19-8-11(9-19)18-5-3-17-4-6-18/h1-2,7,11,17H,3-6,8-9H2. The molecule has 2 aliphatic rings. The summed E-state index contributed by atoms with van der Waals surface area (Å²) in [5.41, 5.74) is 0.664. The number of carbonyl (C=O) groups excluding carboxylic acids is 1. The molecule has 0 atom stereocenters. The van der Waals surface area contributed by atoms with Crippen LogP contribution in [0.25, 0.3) is 0 Å². The van der Waals surface area contributed by atoms with E-state index in [0.717, 1.165) is 43.7 Å². The normalized spacial score (nSPS) is 20.8. The van der Waals surface area contributed by atoms with Gasteiger partial charge in [-0.05, 0) is 34.1 Å². The molecule has 1 N–H and O–H groups in total. The largest absolute Gasteiger partial charge is 0.335 e. The number of nitrogens with one attached hydrogen (secondary N) is 1. The molecule has 20 heavy (non-hydrogen) atoms. The molecule has 3 rings (SSSR count). The van der Waals surface area contributed by atoms with Gasteiger partial charge in [-0.2, -0.15) is 0 Å². The van der Waals surface area contributed by atoms with E-state index in [1.165, 1.54) is 0 Å². The van der Waals surface area contributed by atoms with E-state index in [4.69, 9.17) is 11.6 Å². The van der Waals surface area contributed by atoms with Gasteiger partial charge in [0.1, 0.15) is 0 Å². The van der Waals surface area contributed by atoms with Gasteiger partial charge in [-0.25, -0.2) is 0 Å². The van der Waals surface area contributed by atoms with Crippen LogP contribution in [0.1, 0.15) is 10.4 Å². The zero-order valence-corrected chi connectivity index (χ0v) is 13.5. The molecule has 2 fully saturated rings. The Morgan fingerprint density at radius 3 is 2.65 bits per heavy atom. The van der Waals surface area contributed by atoms with E-state index in [2.05, 4.69) is 26.1 Å². The minimum absolute atomic E-state index is 0.0748. The summed E-state index contributed by atoms with van der Waals surface area (Å²) in [6, 6.07) is 5.89. The van der Waals surface area contributed by atoms with Crippen LogP contribution in [0, 0.1) is 0 Å². The van der Waals surface area contributed by atoms with Crippen molar-refractivity contribution in [3.8, 4) is 0 Å². The smallest absolute Gasteiger partial charge is 0.254 e. The lowest BCUT2D eigenvalue weighted by Crippen LogP contribution is -2.63. The first kappa shape index (κ1) is 14.3. The molecule has 1 aromatic rings. The molecule has 0 unspecified atom stereocenters. The highest BCUT2D eigenvalue weighted by atomic mass is 79.9. The van der Waals surface area contributed by atoms with Gasteiger partial charge < -0.3 is 10.2 Å². The molecule has 6 heteroatoms. The molecule has 0 bridgehead atoms. The maximum Gasteiger partial charge on any atom is 0.254 e. The number of hydrogen-bond acceptors (Lipinski definition) is 3. The Kier molecular flexibility index (Phi) is 4.31. The fourth-order valence-corrected chi connectivity index (χ4v) is 3.14. The van der Waals surface area contributed by atoms with Crippen LogP contribution in [0.4, 0.5) is 0 Å². The molecule has 2 heterocycles. The van der Waals surface area contributed by atoms with Crippen LogP contribution in [0.5, 0.6) is 0 Å². The Bertz CT molecular complexity index is 513. The van der Waals surface area contributed by atoms with Gasteiger partial charge in [0.25, 0.3) is 5.91 Å². The maximum absolute atomic E-state index is 12.3. The molecule has 2 aliphatic heterocycles. The average molecular weight is 359 g/mol. The van der Waals surface area contributed by atoms with E-state index in [0.29, 0.717) is 16.6 Å². The summed E-state index contributed by atoms with van der Waals surface area (Å²) in [7, 11) is 0. The van der Waals surface area contributed by atoms with E-state index in [-0.39, 0.29) is 5.91 Å². The molecule has 0 aromatic heterocycles. The van der Waals surface area contributed by atoms with Crippen LogP contribution < -0.4 is 5.32 Å². The van der Waals surface area contributed by atoms with E-state index in [9.17, 15) is 4.79 Å². The van der Waals surface area contributed by atoms with Crippen molar-refractivity contribution in [1.29, 1.82) is 0 Å². The first-order valence-corrected chi connectivity index (χ1v) is 8.01. The van der Waals surface area contributed by atoms with E-state index in [1.54, 1.807) is 6.07 Å².